The monoisotopic (exact) mass is 213 g/mol. The molecule has 0 aromatic carbocycles. The second-order valence-corrected chi connectivity index (χ2v) is 3.88. The lowest BCUT2D eigenvalue weighted by atomic mass is 10.1. The van der Waals surface area contributed by atoms with Crippen LogP contribution in [0, 0.1) is 0 Å². The van der Waals surface area contributed by atoms with E-state index in [1.807, 2.05) is 6.26 Å². The van der Waals surface area contributed by atoms with Crippen molar-refractivity contribution < 1.29 is 9.47 Å². The van der Waals surface area contributed by atoms with Gasteiger partial charge < -0.3 is 14.8 Å². The molecule has 1 rings (SSSR count). The maximum absolute atomic E-state index is 5.45. The highest BCUT2D eigenvalue weighted by Crippen LogP contribution is 2.08. The van der Waals surface area contributed by atoms with Crippen LogP contribution in [0.4, 0.5) is 0 Å². The van der Waals surface area contributed by atoms with Crippen molar-refractivity contribution in [2.24, 2.45) is 0 Å². The van der Waals surface area contributed by atoms with E-state index in [9.17, 15) is 0 Å². The van der Waals surface area contributed by atoms with Crippen molar-refractivity contribution in [3.63, 3.8) is 0 Å². The number of allylic oxidation sites excluding steroid dienone is 1. The molecule has 0 aromatic heterocycles. The molecule has 1 unspecified atom stereocenters. The normalized spacial score (nSPS) is 20.2. The Morgan fingerprint density at radius 1 is 1.47 bits per heavy atom. The predicted molar refractivity (Wildman–Crippen MR) is 61.8 cm³/mol. The quantitative estimate of drug-likeness (QED) is 0.626. The summed E-state index contributed by atoms with van der Waals surface area (Å²) in [4.78, 5) is 0. The van der Waals surface area contributed by atoms with Crippen molar-refractivity contribution in [3.05, 3.63) is 12.3 Å². The van der Waals surface area contributed by atoms with Gasteiger partial charge in [-0.25, -0.2) is 0 Å². The summed E-state index contributed by atoms with van der Waals surface area (Å²) in [6.45, 7) is 5.73. The van der Waals surface area contributed by atoms with Crippen LogP contribution in [-0.4, -0.2) is 32.4 Å². The largest absolute Gasteiger partial charge is 0.497 e. The Morgan fingerprint density at radius 3 is 3.13 bits per heavy atom. The number of unbranched alkanes of at least 4 members (excludes halogenated alkanes) is 1. The van der Waals surface area contributed by atoms with Crippen molar-refractivity contribution in [1.29, 1.82) is 0 Å². The van der Waals surface area contributed by atoms with E-state index in [1.54, 1.807) is 0 Å². The Kier molecular flexibility index (Phi) is 7.30. The van der Waals surface area contributed by atoms with Crippen molar-refractivity contribution in [1.82, 2.24) is 5.32 Å². The number of rotatable bonds is 8. The molecular formula is C12H23NO2. The molecule has 3 heteroatoms. The first-order valence-electron chi connectivity index (χ1n) is 6.02. The molecule has 1 N–H and O–H groups in total. The van der Waals surface area contributed by atoms with E-state index >= 15 is 0 Å². The average Bonchev–Trinajstić information content (AvgIpc) is 2.29. The van der Waals surface area contributed by atoms with Crippen LogP contribution in [0.15, 0.2) is 12.3 Å². The van der Waals surface area contributed by atoms with Gasteiger partial charge >= 0.3 is 0 Å². The van der Waals surface area contributed by atoms with Gasteiger partial charge in [-0.3, -0.25) is 0 Å². The van der Waals surface area contributed by atoms with Crippen LogP contribution in [-0.2, 0) is 9.47 Å². The minimum absolute atomic E-state index is 0.352. The zero-order valence-electron chi connectivity index (χ0n) is 9.71. The van der Waals surface area contributed by atoms with Gasteiger partial charge in [0.05, 0.1) is 12.9 Å². The Balaban J connectivity index is 1.82. The third kappa shape index (κ3) is 6.52. The van der Waals surface area contributed by atoms with Crippen LogP contribution in [0.2, 0.25) is 0 Å². The molecule has 3 nitrogen and oxygen atoms in total. The second kappa shape index (κ2) is 8.74. The summed E-state index contributed by atoms with van der Waals surface area (Å²) in [6, 6.07) is 0. The maximum Gasteiger partial charge on any atom is 0.110 e. The molecule has 1 heterocycles. The van der Waals surface area contributed by atoms with Crippen LogP contribution >= 0.6 is 0 Å². The first-order chi connectivity index (χ1) is 7.43. The van der Waals surface area contributed by atoms with Gasteiger partial charge in [0.25, 0.3) is 0 Å². The van der Waals surface area contributed by atoms with E-state index < -0.39 is 0 Å². The molecule has 0 bridgehead atoms. The summed E-state index contributed by atoms with van der Waals surface area (Å²) in [6.07, 6.45) is 8.87. The zero-order chi connectivity index (χ0) is 10.8. The average molecular weight is 213 g/mol. The molecule has 0 saturated heterocycles. The van der Waals surface area contributed by atoms with Gasteiger partial charge in [0.2, 0.25) is 0 Å². The molecule has 0 aromatic rings. The third-order valence-corrected chi connectivity index (χ3v) is 2.46. The van der Waals surface area contributed by atoms with Gasteiger partial charge in [0, 0.05) is 19.7 Å². The molecular weight excluding hydrogens is 190 g/mol. The number of nitrogens with one attached hydrogen (secondary N) is 1. The van der Waals surface area contributed by atoms with Crippen molar-refractivity contribution >= 4 is 0 Å². The Hall–Kier alpha value is -0.540. The topological polar surface area (TPSA) is 30.5 Å². The van der Waals surface area contributed by atoms with Crippen LogP contribution in [0.5, 0.6) is 0 Å². The van der Waals surface area contributed by atoms with E-state index in [4.69, 9.17) is 9.47 Å². The van der Waals surface area contributed by atoms with Crippen LogP contribution in [0.1, 0.15) is 32.6 Å². The summed E-state index contributed by atoms with van der Waals surface area (Å²) >= 11 is 0. The van der Waals surface area contributed by atoms with Gasteiger partial charge in [-0.2, -0.15) is 0 Å². The summed E-state index contributed by atoms with van der Waals surface area (Å²) in [5, 5.41) is 3.35. The first kappa shape index (κ1) is 12.5. The lowest BCUT2D eigenvalue weighted by Crippen LogP contribution is -2.31. The fourth-order valence-electron chi connectivity index (χ4n) is 1.49. The smallest absolute Gasteiger partial charge is 0.110 e. The van der Waals surface area contributed by atoms with Crippen molar-refractivity contribution in [2.75, 3.05) is 26.3 Å². The second-order valence-electron chi connectivity index (χ2n) is 3.88. The first-order valence-corrected chi connectivity index (χ1v) is 6.02. The SMILES string of the molecule is CCCCOCCNCC1CCC=CO1. The maximum atomic E-state index is 5.45. The molecule has 1 aliphatic rings. The molecule has 0 radical (unpaired) electrons. The molecule has 0 spiro atoms. The third-order valence-electron chi connectivity index (χ3n) is 2.46. The van der Waals surface area contributed by atoms with E-state index in [0.29, 0.717) is 6.10 Å². The zero-order valence-corrected chi connectivity index (χ0v) is 9.71. The number of hydrogen-bond donors (Lipinski definition) is 1. The van der Waals surface area contributed by atoms with E-state index in [0.717, 1.165) is 45.6 Å². The van der Waals surface area contributed by atoms with Gasteiger partial charge in [-0.15, -0.1) is 0 Å². The molecule has 1 aliphatic heterocycles. The lowest BCUT2D eigenvalue weighted by molar-refractivity contribution is 0.109. The molecule has 0 aliphatic carbocycles. The standard InChI is InChI=1S/C12H23NO2/c1-2-3-8-14-10-7-13-11-12-6-4-5-9-15-12/h5,9,12-13H,2-4,6-8,10-11H2,1H3. The molecule has 0 fully saturated rings. The highest BCUT2D eigenvalue weighted by Gasteiger charge is 2.09. The summed E-state index contributed by atoms with van der Waals surface area (Å²) in [5.74, 6) is 0. The lowest BCUT2D eigenvalue weighted by Gasteiger charge is -2.19. The predicted octanol–water partition coefficient (Wildman–Crippen LogP) is 2.09. The van der Waals surface area contributed by atoms with Gasteiger partial charge in [-0.1, -0.05) is 13.3 Å². The van der Waals surface area contributed by atoms with Gasteiger partial charge in [0.1, 0.15) is 6.10 Å². The van der Waals surface area contributed by atoms with Gasteiger partial charge in [0.15, 0.2) is 0 Å². The van der Waals surface area contributed by atoms with Crippen LogP contribution in [0.25, 0.3) is 0 Å². The molecule has 1 atom stereocenters. The number of hydrogen-bond acceptors (Lipinski definition) is 3. The highest BCUT2D eigenvalue weighted by atomic mass is 16.5. The van der Waals surface area contributed by atoms with Gasteiger partial charge in [-0.05, 0) is 25.3 Å². The fraction of sp³-hybridized carbons (Fsp3) is 0.833. The Bertz CT molecular complexity index is 171. The Morgan fingerprint density at radius 2 is 2.40 bits per heavy atom. The Labute approximate surface area is 92.8 Å². The molecule has 88 valence electrons. The fourth-order valence-corrected chi connectivity index (χ4v) is 1.49. The summed E-state index contributed by atoms with van der Waals surface area (Å²) in [5.41, 5.74) is 0. The minimum Gasteiger partial charge on any atom is -0.497 e. The van der Waals surface area contributed by atoms with E-state index in [2.05, 4.69) is 18.3 Å². The molecule has 0 saturated carbocycles. The van der Waals surface area contributed by atoms with E-state index in [1.165, 1.54) is 6.42 Å². The summed E-state index contributed by atoms with van der Waals surface area (Å²) in [7, 11) is 0. The molecule has 0 amide bonds. The van der Waals surface area contributed by atoms with Crippen molar-refractivity contribution in [3.8, 4) is 0 Å². The highest BCUT2D eigenvalue weighted by molar-refractivity contribution is 4.82. The van der Waals surface area contributed by atoms with Crippen molar-refractivity contribution in [2.45, 2.75) is 38.7 Å². The minimum atomic E-state index is 0.352. The van der Waals surface area contributed by atoms with E-state index in [-0.39, 0.29) is 0 Å². The number of ether oxygens (including phenoxy) is 2. The summed E-state index contributed by atoms with van der Waals surface area (Å²) < 4.78 is 10.9. The molecule has 15 heavy (non-hydrogen) atoms. The van der Waals surface area contributed by atoms with Crippen LogP contribution in [0.3, 0.4) is 0 Å². The van der Waals surface area contributed by atoms with Crippen LogP contribution < -0.4 is 5.32 Å².